The molecule has 2 aliphatic heterocycles. The number of carbonyl (C=O) groups is 1. The van der Waals surface area contributed by atoms with Crippen LogP contribution in [-0.4, -0.2) is 52.8 Å². The minimum absolute atomic E-state index is 0.0478. The summed E-state index contributed by atoms with van der Waals surface area (Å²) in [6, 6.07) is 14.9. The average Bonchev–Trinajstić information content (AvgIpc) is 3.38. The molecule has 1 saturated heterocycles. The van der Waals surface area contributed by atoms with Gasteiger partial charge in [0.25, 0.3) is 0 Å². The van der Waals surface area contributed by atoms with Crippen molar-refractivity contribution in [2.24, 2.45) is 0 Å². The summed E-state index contributed by atoms with van der Waals surface area (Å²) in [5.41, 5.74) is 3.62. The first-order valence-electron chi connectivity index (χ1n) is 10.4. The van der Waals surface area contributed by atoms with Gasteiger partial charge in [-0.05, 0) is 40.4 Å². The van der Waals surface area contributed by atoms with Crippen LogP contribution in [0.15, 0.2) is 42.5 Å². The third kappa shape index (κ3) is 3.80. The van der Waals surface area contributed by atoms with E-state index in [1.807, 2.05) is 4.90 Å². The van der Waals surface area contributed by atoms with E-state index in [9.17, 15) is 4.79 Å². The summed E-state index contributed by atoms with van der Waals surface area (Å²) < 4.78 is 5.95. The number of halogens is 1. The topological polar surface area (TPSA) is 39.7 Å². The maximum atomic E-state index is 11.7. The summed E-state index contributed by atoms with van der Waals surface area (Å²) in [7, 11) is 0. The van der Waals surface area contributed by atoms with E-state index < -0.39 is 0 Å². The van der Waals surface area contributed by atoms with Gasteiger partial charge in [-0.3, -0.25) is 9.69 Å². The molecule has 156 valence electrons. The summed E-state index contributed by atoms with van der Waals surface area (Å²) in [4.78, 5) is 18.4. The fraction of sp³-hybridized carbons (Fsp3) is 0.391. The van der Waals surface area contributed by atoms with Crippen LogP contribution in [-0.2, 0) is 17.9 Å². The van der Waals surface area contributed by atoms with E-state index in [4.69, 9.17) is 16.0 Å². The molecule has 3 heterocycles. The third-order valence-corrected chi connectivity index (χ3v) is 7.42. The molecule has 2 aromatic carbocycles. The van der Waals surface area contributed by atoms with Crippen LogP contribution in [0.3, 0.4) is 0 Å². The summed E-state index contributed by atoms with van der Waals surface area (Å²) in [6.07, 6.45) is 0. The van der Waals surface area contributed by atoms with Crippen molar-refractivity contribution in [3.8, 4) is 0 Å². The highest BCUT2D eigenvalue weighted by Crippen LogP contribution is 2.31. The van der Waals surface area contributed by atoms with Crippen LogP contribution < -0.4 is 4.90 Å². The Morgan fingerprint density at radius 3 is 2.67 bits per heavy atom. The molecule has 0 N–H and O–H groups in total. The Morgan fingerprint density at radius 1 is 1.10 bits per heavy atom. The van der Waals surface area contributed by atoms with Gasteiger partial charge in [0.15, 0.2) is 0 Å². The molecule has 1 atom stereocenters. The molecule has 2 aliphatic rings. The molecule has 1 fully saturated rings. The van der Waals surface area contributed by atoms with Crippen LogP contribution in [0.1, 0.15) is 29.0 Å². The number of aromatic nitrogens is 1. The smallest absolute Gasteiger partial charge is 0.220 e. The van der Waals surface area contributed by atoms with Gasteiger partial charge >= 0.3 is 0 Å². The van der Waals surface area contributed by atoms with Crippen LogP contribution in [0.25, 0.3) is 10.1 Å². The Bertz CT molecular complexity index is 1080. The number of fused-ring (bicyclic) bond motifs is 2. The van der Waals surface area contributed by atoms with Crippen LogP contribution in [0.4, 0.5) is 5.82 Å². The summed E-state index contributed by atoms with van der Waals surface area (Å²) in [5.74, 6) is 1.24. The van der Waals surface area contributed by atoms with Gasteiger partial charge in [-0.25, -0.2) is 0 Å². The molecule has 30 heavy (non-hydrogen) atoms. The molecule has 0 saturated carbocycles. The quantitative estimate of drug-likeness (QED) is 0.568. The SMILES string of the molecule is CC(=O)N1Cc2ccc(C(Cl)CN3CCN(c4nsc5ccccc45)CC3)cc2C1. The number of amides is 1. The maximum absolute atomic E-state index is 11.7. The highest BCUT2D eigenvalue weighted by atomic mass is 35.5. The van der Waals surface area contributed by atoms with Gasteiger partial charge in [0, 0.05) is 58.1 Å². The van der Waals surface area contributed by atoms with Gasteiger partial charge in [0.1, 0.15) is 5.82 Å². The highest BCUT2D eigenvalue weighted by molar-refractivity contribution is 7.13. The Hall–Kier alpha value is -2.15. The second kappa shape index (κ2) is 8.17. The molecule has 1 amide bonds. The molecule has 3 aromatic rings. The Kier molecular flexibility index (Phi) is 5.39. The lowest BCUT2D eigenvalue weighted by atomic mass is 10.0. The highest BCUT2D eigenvalue weighted by Gasteiger charge is 2.25. The number of nitrogens with zero attached hydrogens (tertiary/aromatic N) is 4. The summed E-state index contributed by atoms with van der Waals surface area (Å²) >= 11 is 8.38. The number of benzene rings is 2. The fourth-order valence-corrected chi connectivity index (χ4v) is 5.53. The van der Waals surface area contributed by atoms with Crippen molar-refractivity contribution >= 4 is 44.9 Å². The number of piperazine rings is 1. The lowest BCUT2D eigenvalue weighted by molar-refractivity contribution is -0.129. The van der Waals surface area contributed by atoms with Crippen LogP contribution in [0.2, 0.25) is 0 Å². The van der Waals surface area contributed by atoms with Crippen molar-refractivity contribution in [1.82, 2.24) is 14.2 Å². The molecule has 5 nitrogen and oxygen atoms in total. The van der Waals surface area contributed by atoms with Gasteiger partial charge in [0.05, 0.1) is 10.1 Å². The van der Waals surface area contributed by atoms with Gasteiger partial charge in [-0.1, -0.05) is 30.3 Å². The van der Waals surface area contributed by atoms with Crippen LogP contribution in [0.5, 0.6) is 0 Å². The zero-order valence-electron chi connectivity index (χ0n) is 17.1. The number of alkyl halides is 1. The minimum atomic E-state index is -0.0478. The summed E-state index contributed by atoms with van der Waals surface area (Å²) in [5, 5.41) is 1.21. The number of rotatable bonds is 4. The van der Waals surface area contributed by atoms with E-state index in [1.165, 1.54) is 21.2 Å². The largest absolute Gasteiger partial charge is 0.353 e. The lowest BCUT2D eigenvalue weighted by Gasteiger charge is -2.36. The van der Waals surface area contributed by atoms with Crippen molar-refractivity contribution in [2.75, 3.05) is 37.6 Å². The monoisotopic (exact) mass is 440 g/mol. The lowest BCUT2D eigenvalue weighted by Crippen LogP contribution is -2.47. The van der Waals surface area contributed by atoms with Gasteiger partial charge in [-0.15, -0.1) is 11.6 Å². The first-order valence-corrected chi connectivity index (χ1v) is 11.6. The van der Waals surface area contributed by atoms with Crippen LogP contribution in [0, 0.1) is 0 Å². The molecule has 0 aliphatic carbocycles. The summed E-state index contributed by atoms with van der Waals surface area (Å²) in [6.45, 7) is 7.78. The fourth-order valence-electron chi connectivity index (χ4n) is 4.41. The van der Waals surface area contributed by atoms with E-state index >= 15 is 0 Å². The molecule has 1 aromatic heterocycles. The number of anilines is 1. The first kappa shape index (κ1) is 19.8. The van der Waals surface area contributed by atoms with Crippen molar-refractivity contribution < 1.29 is 4.79 Å². The molecule has 7 heteroatoms. The molecular formula is C23H25ClN4OS. The number of hydrogen-bond acceptors (Lipinski definition) is 5. The van der Waals surface area contributed by atoms with Gasteiger partial charge in [0.2, 0.25) is 5.91 Å². The molecule has 1 unspecified atom stereocenters. The number of hydrogen-bond donors (Lipinski definition) is 0. The number of carbonyl (C=O) groups excluding carboxylic acids is 1. The zero-order valence-corrected chi connectivity index (χ0v) is 18.6. The van der Waals surface area contributed by atoms with E-state index in [0.717, 1.165) is 44.1 Å². The van der Waals surface area contributed by atoms with E-state index in [2.05, 4.69) is 52.3 Å². The van der Waals surface area contributed by atoms with Gasteiger partial charge < -0.3 is 9.80 Å². The van der Waals surface area contributed by atoms with Crippen molar-refractivity contribution in [1.29, 1.82) is 0 Å². The van der Waals surface area contributed by atoms with Crippen LogP contribution >= 0.6 is 23.1 Å². The molecule has 0 bridgehead atoms. The first-order chi connectivity index (χ1) is 14.6. The Morgan fingerprint density at radius 2 is 1.87 bits per heavy atom. The minimum Gasteiger partial charge on any atom is -0.353 e. The van der Waals surface area contributed by atoms with Crippen molar-refractivity contribution in [3.63, 3.8) is 0 Å². The zero-order chi connectivity index (χ0) is 20.7. The average molecular weight is 441 g/mol. The predicted molar refractivity (Wildman–Crippen MR) is 123 cm³/mol. The van der Waals surface area contributed by atoms with Crippen molar-refractivity contribution in [3.05, 3.63) is 59.2 Å². The van der Waals surface area contributed by atoms with E-state index in [-0.39, 0.29) is 11.3 Å². The maximum Gasteiger partial charge on any atom is 0.220 e. The van der Waals surface area contributed by atoms with E-state index in [0.29, 0.717) is 13.1 Å². The second-order valence-corrected chi connectivity index (χ2v) is 9.49. The molecule has 5 rings (SSSR count). The Balaban J connectivity index is 1.20. The van der Waals surface area contributed by atoms with Crippen molar-refractivity contribution in [2.45, 2.75) is 25.4 Å². The Labute approximate surface area is 186 Å². The molecule has 0 spiro atoms. The van der Waals surface area contributed by atoms with E-state index in [1.54, 1.807) is 18.5 Å². The molecule has 0 radical (unpaired) electrons. The van der Waals surface area contributed by atoms with Gasteiger partial charge in [-0.2, -0.15) is 4.37 Å². The predicted octanol–water partition coefficient (Wildman–Crippen LogP) is 4.26. The standard InChI is InChI=1S/C23H25ClN4OS/c1-16(29)28-13-18-7-6-17(12-19(18)14-28)21(24)15-26-8-10-27(11-9-26)23-20-4-2-3-5-22(20)30-25-23/h2-7,12,21H,8-11,13-15H2,1H3. The third-order valence-electron chi connectivity index (χ3n) is 6.21. The normalized spacial score (nSPS) is 18.1. The molecular weight excluding hydrogens is 416 g/mol. The second-order valence-electron chi connectivity index (χ2n) is 8.16.